The van der Waals surface area contributed by atoms with Crippen LogP contribution in [0.2, 0.25) is 0 Å². The van der Waals surface area contributed by atoms with Crippen molar-refractivity contribution < 1.29 is 14.3 Å². The summed E-state index contributed by atoms with van der Waals surface area (Å²) < 4.78 is 10.8. The van der Waals surface area contributed by atoms with Crippen molar-refractivity contribution in [2.45, 2.75) is 19.8 Å². The number of carbonyl (C=O) groups is 1. The highest BCUT2D eigenvalue weighted by molar-refractivity contribution is 5.95. The average Bonchev–Trinajstić information content (AvgIpc) is 2.42. The van der Waals surface area contributed by atoms with Crippen LogP contribution in [-0.2, 0) is 9.53 Å². The molecule has 1 aliphatic rings. The van der Waals surface area contributed by atoms with E-state index in [0.29, 0.717) is 31.2 Å². The highest BCUT2D eigenvalue weighted by Crippen LogP contribution is 2.28. The van der Waals surface area contributed by atoms with Crippen molar-refractivity contribution in [2.24, 2.45) is 0 Å². The molecule has 0 radical (unpaired) electrons. The van der Waals surface area contributed by atoms with Crippen molar-refractivity contribution in [3.63, 3.8) is 0 Å². The van der Waals surface area contributed by atoms with Crippen LogP contribution in [0.15, 0.2) is 18.2 Å². The van der Waals surface area contributed by atoms with Crippen molar-refractivity contribution >= 4 is 17.3 Å². The minimum absolute atomic E-state index is 0.0319. The van der Waals surface area contributed by atoms with Gasteiger partial charge in [0, 0.05) is 18.3 Å². The van der Waals surface area contributed by atoms with Crippen LogP contribution in [0.3, 0.4) is 0 Å². The second-order valence-corrected chi connectivity index (χ2v) is 4.52. The number of ether oxygens (including phenoxy) is 2. The summed E-state index contributed by atoms with van der Waals surface area (Å²) in [5.74, 6) is 0.612. The number of benzene rings is 1. The number of hydrogen-bond donors (Lipinski definition) is 1. The van der Waals surface area contributed by atoms with Gasteiger partial charge < -0.3 is 20.1 Å². The normalized spacial score (nSPS) is 15.6. The molecule has 0 atom stereocenters. The highest BCUT2D eigenvalue weighted by atomic mass is 16.5. The van der Waals surface area contributed by atoms with Crippen LogP contribution in [0, 0.1) is 0 Å². The molecule has 1 aromatic carbocycles. The molecule has 5 heteroatoms. The van der Waals surface area contributed by atoms with Gasteiger partial charge in [-0.1, -0.05) is 13.3 Å². The summed E-state index contributed by atoms with van der Waals surface area (Å²) in [5, 5.41) is 0. The van der Waals surface area contributed by atoms with Gasteiger partial charge in [-0.15, -0.1) is 0 Å². The van der Waals surface area contributed by atoms with Crippen molar-refractivity contribution in [2.75, 3.05) is 37.0 Å². The van der Waals surface area contributed by atoms with E-state index in [0.717, 1.165) is 18.5 Å². The predicted octanol–water partition coefficient (Wildman–Crippen LogP) is 1.81. The Hall–Kier alpha value is -1.75. The van der Waals surface area contributed by atoms with Gasteiger partial charge in [-0.2, -0.15) is 0 Å². The van der Waals surface area contributed by atoms with E-state index in [1.54, 1.807) is 11.0 Å². The molecule has 0 unspecified atom stereocenters. The Balaban J connectivity index is 2.12. The Morgan fingerprint density at radius 2 is 2.32 bits per heavy atom. The third-order valence-corrected chi connectivity index (χ3v) is 3.05. The summed E-state index contributed by atoms with van der Waals surface area (Å²) in [6.07, 6.45) is 2.06. The molecule has 2 rings (SSSR count). The molecule has 0 bridgehead atoms. The lowest BCUT2D eigenvalue weighted by Gasteiger charge is -2.27. The predicted molar refractivity (Wildman–Crippen MR) is 74.4 cm³/mol. The smallest absolute Gasteiger partial charge is 0.253 e. The van der Waals surface area contributed by atoms with Gasteiger partial charge in [0.2, 0.25) is 0 Å². The highest BCUT2D eigenvalue weighted by Gasteiger charge is 2.20. The summed E-state index contributed by atoms with van der Waals surface area (Å²) in [6, 6.07) is 5.44. The van der Waals surface area contributed by atoms with E-state index in [-0.39, 0.29) is 12.5 Å². The molecular formula is C14H20N2O3. The first-order valence-electron chi connectivity index (χ1n) is 6.63. The fourth-order valence-electron chi connectivity index (χ4n) is 1.93. The Morgan fingerprint density at radius 3 is 3.05 bits per heavy atom. The SMILES string of the molecule is CCCCOc1cc(N2CCOCC2=O)ccc1N. The fourth-order valence-corrected chi connectivity index (χ4v) is 1.93. The fraction of sp³-hybridized carbons (Fsp3) is 0.500. The number of amides is 1. The Labute approximate surface area is 113 Å². The van der Waals surface area contributed by atoms with Crippen LogP contribution in [0.25, 0.3) is 0 Å². The zero-order valence-corrected chi connectivity index (χ0v) is 11.2. The largest absolute Gasteiger partial charge is 0.491 e. The second-order valence-electron chi connectivity index (χ2n) is 4.52. The first-order chi connectivity index (χ1) is 9.22. The van der Waals surface area contributed by atoms with E-state index < -0.39 is 0 Å². The molecule has 1 aliphatic heterocycles. The molecule has 0 spiro atoms. The van der Waals surface area contributed by atoms with Crippen molar-refractivity contribution in [3.8, 4) is 5.75 Å². The maximum absolute atomic E-state index is 11.8. The lowest BCUT2D eigenvalue weighted by atomic mass is 10.2. The molecule has 5 nitrogen and oxygen atoms in total. The van der Waals surface area contributed by atoms with E-state index in [2.05, 4.69) is 6.92 Å². The van der Waals surface area contributed by atoms with E-state index in [1.807, 2.05) is 12.1 Å². The van der Waals surface area contributed by atoms with E-state index in [9.17, 15) is 4.79 Å². The Bertz CT molecular complexity index is 448. The quantitative estimate of drug-likeness (QED) is 0.650. The molecule has 1 heterocycles. The lowest BCUT2D eigenvalue weighted by molar-refractivity contribution is -0.125. The second kappa shape index (κ2) is 6.43. The molecule has 0 saturated carbocycles. The van der Waals surface area contributed by atoms with Crippen LogP contribution in [-0.4, -0.2) is 32.3 Å². The van der Waals surface area contributed by atoms with Crippen LogP contribution in [0.4, 0.5) is 11.4 Å². The monoisotopic (exact) mass is 264 g/mol. The Morgan fingerprint density at radius 1 is 1.47 bits per heavy atom. The van der Waals surface area contributed by atoms with E-state index >= 15 is 0 Å². The number of nitrogens with two attached hydrogens (primary N) is 1. The number of anilines is 2. The summed E-state index contributed by atoms with van der Waals surface area (Å²) in [5.41, 5.74) is 7.29. The summed E-state index contributed by atoms with van der Waals surface area (Å²) in [6.45, 7) is 4.01. The van der Waals surface area contributed by atoms with E-state index in [1.165, 1.54) is 0 Å². The number of hydrogen-bond acceptors (Lipinski definition) is 4. The summed E-state index contributed by atoms with van der Waals surface area (Å²) in [7, 11) is 0. The van der Waals surface area contributed by atoms with Gasteiger partial charge in [-0.05, 0) is 18.6 Å². The number of nitrogen functional groups attached to an aromatic ring is 1. The molecule has 104 valence electrons. The zero-order valence-electron chi connectivity index (χ0n) is 11.2. The maximum atomic E-state index is 11.8. The van der Waals surface area contributed by atoms with Gasteiger partial charge in [-0.3, -0.25) is 4.79 Å². The van der Waals surface area contributed by atoms with Crippen LogP contribution < -0.4 is 15.4 Å². The molecule has 0 aliphatic carbocycles. The molecular weight excluding hydrogens is 244 g/mol. The number of nitrogens with zero attached hydrogens (tertiary/aromatic N) is 1. The van der Waals surface area contributed by atoms with Gasteiger partial charge in [0.15, 0.2) is 0 Å². The Kier molecular flexibility index (Phi) is 4.63. The number of carbonyl (C=O) groups excluding carboxylic acids is 1. The number of unbranched alkanes of at least 4 members (excludes halogenated alkanes) is 1. The molecule has 19 heavy (non-hydrogen) atoms. The third-order valence-electron chi connectivity index (χ3n) is 3.05. The molecule has 1 aromatic rings. The van der Waals surface area contributed by atoms with Crippen molar-refractivity contribution in [1.29, 1.82) is 0 Å². The molecule has 1 fully saturated rings. The zero-order chi connectivity index (χ0) is 13.7. The molecule has 1 amide bonds. The van der Waals surface area contributed by atoms with Crippen molar-refractivity contribution in [1.82, 2.24) is 0 Å². The standard InChI is InChI=1S/C14H20N2O3/c1-2-3-7-19-13-9-11(4-5-12(13)15)16-6-8-18-10-14(16)17/h4-5,9H,2-3,6-8,10,15H2,1H3. The van der Waals surface area contributed by atoms with Gasteiger partial charge in [0.1, 0.15) is 12.4 Å². The van der Waals surface area contributed by atoms with Gasteiger partial charge in [0.05, 0.1) is 18.9 Å². The maximum Gasteiger partial charge on any atom is 0.253 e. The van der Waals surface area contributed by atoms with Crippen LogP contribution in [0.5, 0.6) is 5.75 Å². The number of rotatable bonds is 5. The molecule has 1 saturated heterocycles. The summed E-state index contributed by atoms with van der Waals surface area (Å²) in [4.78, 5) is 13.5. The molecule has 0 aromatic heterocycles. The lowest BCUT2D eigenvalue weighted by Crippen LogP contribution is -2.41. The molecule has 2 N–H and O–H groups in total. The first-order valence-corrected chi connectivity index (χ1v) is 6.63. The minimum atomic E-state index is -0.0319. The van der Waals surface area contributed by atoms with Crippen LogP contribution in [0.1, 0.15) is 19.8 Å². The minimum Gasteiger partial charge on any atom is -0.491 e. The van der Waals surface area contributed by atoms with Gasteiger partial charge >= 0.3 is 0 Å². The van der Waals surface area contributed by atoms with Crippen molar-refractivity contribution in [3.05, 3.63) is 18.2 Å². The van der Waals surface area contributed by atoms with Crippen LogP contribution >= 0.6 is 0 Å². The topological polar surface area (TPSA) is 64.8 Å². The van der Waals surface area contributed by atoms with E-state index in [4.69, 9.17) is 15.2 Å². The third kappa shape index (κ3) is 3.38. The number of morpholine rings is 1. The first kappa shape index (κ1) is 13.7. The van der Waals surface area contributed by atoms with Gasteiger partial charge in [-0.25, -0.2) is 0 Å². The summed E-state index contributed by atoms with van der Waals surface area (Å²) >= 11 is 0. The van der Waals surface area contributed by atoms with Gasteiger partial charge in [0.25, 0.3) is 5.91 Å². The average molecular weight is 264 g/mol.